The van der Waals surface area contributed by atoms with Crippen LogP contribution in [0.4, 0.5) is 4.79 Å². The van der Waals surface area contributed by atoms with E-state index >= 15 is 0 Å². The summed E-state index contributed by atoms with van der Waals surface area (Å²) in [5, 5.41) is 3.15. The first-order chi connectivity index (χ1) is 7.67. The van der Waals surface area contributed by atoms with Gasteiger partial charge in [0.2, 0.25) is 0 Å². The fourth-order valence-corrected chi connectivity index (χ4v) is 2.20. The average molecular weight is 226 g/mol. The number of rotatable bonds is 5. The van der Waals surface area contributed by atoms with E-state index in [4.69, 9.17) is 0 Å². The Morgan fingerprint density at radius 3 is 2.50 bits per heavy atom. The lowest BCUT2D eigenvalue weighted by atomic mass is 10.1. The van der Waals surface area contributed by atoms with Crippen molar-refractivity contribution in [3.05, 3.63) is 0 Å². The van der Waals surface area contributed by atoms with Crippen molar-refractivity contribution in [2.75, 3.05) is 13.1 Å². The molecule has 0 aromatic carbocycles. The van der Waals surface area contributed by atoms with Crippen LogP contribution in [-0.2, 0) is 0 Å². The van der Waals surface area contributed by atoms with Gasteiger partial charge in [-0.1, -0.05) is 33.1 Å². The van der Waals surface area contributed by atoms with Crippen LogP contribution in [0.3, 0.4) is 0 Å². The SMILES string of the molecule is CCC(C)CN(CC)C(=O)NC1CCCC1. The van der Waals surface area contributed by atoms with Gasteiger partial charge in [-0.25, -0.2) is 4.79 Å². The lowest BCUT2D eigenvalue weighted by molar-refractivity contribution is 0.188. The van der Waals surface area contributed by atoms with Crippen LogP contribution < -0.4 is 5.32 Å². The van der Waals surface area contributed by atoms with Crippen molar-refractivity contribution >= 4 is 6.03 Å². The molecule has 0 spiro atoms. The molecular weight excluding hydrogens is 200 g/mol. The second-order valence-corrected chi connectivity index (χ2v) is 4.98. The Hall–Kier alpha value is -0.730. The van der Waals surface area contributed by atoms with Crippen LogP contribution in [0, 0.1) is 5.92 Å². The largest absolute Gasteiger partial charge is 0.335 e. The molecule has 1 aliphatic carbocycles. The minimum absolute atomic E-state index is 0.134. The lowest BCUT2D eigenvalue weighted by Crippen LogP contribution is -2.45. The number of carbonyl (C=O) groups excluding carboxylic acids is 1. The molecule has 1 N–H and O–H groups in total. The molecule has 1 unspecified atom stereocenters. The molecule has 3 heteroatoms. The Morgan fingerprint density at radius 1 is 1.38 bits per heavy atom. The van der Waals surface area contributed by atoms with E-state index in [1.807, 2.05) is 4.90 Å². The van der Waals surface area contributed by atoms with Crippen LogP contribution in [0.2, 0.25) is 0 Å². The number of hydrogen-bond donors (Lipinski definition) is 1. The summed E-state index contributed by atoms with van der Waals surface area (Å²) in [4.78, 5) is 13.9. The van der Waals surface area contributed by atoms with Gasteiger partial charge in [-0.05, 0) is 25.7 Å². The molecule has 1 fully saturated rings. The van der Waals surface area contributed by atoms with Crippen LogP contribution in [0.25, 0.3) is 0 Å². The molecule has 0 aromatic rings. The Kier molecular flexibility index (Phi) is 5.64. The molecule has 1 saturated carbocycles. The van der Waals surface area contributed by atoms with Crippen molar-refractivity contribution in [3.8, 4) is 0 Å². The number of nitrogens with zero attached hydrogens (tertiary/aromatic N) is 1. The zero-order valence-electron chi connectivity index (χ0n) is 11.0. The lowest BCUT2D eigenvalue weighted by Gasteiger charge is -2.26. The van der Waals surface area contributed by atoms with Gasteiger partial charge in [0.05, 0.1) is 0 Å². The predicted molar refractivity (Wildman–Crippen MR) is 67.5 cm³/mol. The average Bonchev–Trinajstić information content (AvgIpc) is 2.77. The molecule has 0 heterocycles. The van der Waals surface area contributed by atoms with E-state index < -0.39 is 0 Å². The van der Waals surface area contributed by atoms with E-state index in [1.165, 1.54) is 12.8 Å². The maximum Gasteiger partial charge on any atom is 0.317 e. The highest BCUT2D eigenvalue weighted by molar-refractivity contribution is 5.74. The van der Waals surface area contributed by atoms with Crippen molar-refractivity contribution in [2.45, 2.75) is 58.9 Å². The fourth-order valence-electron chi connectivity index (χ4n) is 2.20. The predicted octanol–water partition coefficient (Wildman–Crippen LogP) is 3.01. The van der Waals surface area contributed by atoms with E-state index in [2.05, 4.69) is 26.1 Å². The van der Waals surface area contributed by atoms with Crippen LogP contribution in [0.5, 0.6) is 0 Å². The third-order valence-corrected chi connectivity index (χ3v) is 3.58. The number of urea groups is 1. The van der Waals surface area contributed by atoms with Gasteiger partial charge in [-0.2, -0.15) is 0 Å². The minimum atomic E-state index is 0.134. The van der Waals surface area contributed by atoms with Crippen LogP contribution >= 0.6 is 0 Å². The quantitative estimate of drug-likeness (QED) is 0.768. The second-order valence-electron chi connectivity index (χ2n) is 4.98. The molecule has 1 rings (SSSR count). The summed E-state index contributed by atoms with van der Waals surface area (Å²) in [5.41, 5.74) is 0. The van der Waals surface area contributed by atoms with E-state index in [1.54, 1.807) is 0 Å². The maximum atomic E-state index is 12.0. The van der Waals surface area contributed by atoms with Gasteiger partial charge in [-0.15, -0.1) is 0 Å². The monoisotopic (exact) mass is 226 g/mol. The Bertz CT molecular complexity index is 212. The van der Waals surface area contributed by atoms with Crippen LogP contribution in [-0.4, -0.2) is 30.1 Å². The van der Waals surface area contributed by atoms with E-state index in [0.717, 1.165) is 32.4 Å². The molecule has 1 atom stereocenters. The summed E-state index contributed by atoms with van der Waals surface area (Å²) in [6.45, 7) is 8.12. The normalized spacial score (nSPS) is 18.4. The van der Waals surface area contributed by atoms with E-state index in [9.17, 15) is 4.79 Å². The van der Waals surface area contributed by atoms with Gasteiger partial charge in [0.15, 0.2) is 0 Å². The zero-order valence-corrected chi connectivity index (χ0v) is 11.0. The molecule has 94 valence electrons. The van der Waals surface area contributed by atoms with Crippen LogP contribution in [0.1, 0.15) is 52.9 Å². The smallest absolute Gasteiger partial charge is 0.317 e. The Balaban J connectivity index is 2.35. The zero-order chi connectivity index (χ0) is 12.0. The molecule has 0 radical (unpaired) electrons. The maximum absolute atomic E-state index is 12.0. The molecule has 0 aromatic heterocycles. The Labute approximate surface area is 99.6 Å². The summed E-state index contributed by atoms with van der Waals surface area (Å²) >= 11 is 0. The fraction of sp³-hybridized carbons (Fsp3) is 0.923. The topological polar surface area (TPSA) is 32.3 Å². The van der Waals surface area contributed by atoms with Crippen molar-refractivity contribution < 1.29 is 4.79 Å². The van der Waals surface area contributed by atoms with Crippen molar-refractivity contribution in [1.82, 2.24) is 10.2 Å². The van der Waals surface area contributed by atoms with Gasteiger partial charge in [0, 0.05) is 19.1 Å². The molecular formula is C13H26N2O. The van der Waals surface area contributed by atoms with Crippen LogP contribution in [0.15, 0.2) is 0 Å². The highest BCUT2D eigenvalue weighted by atomic mass is 16.2. The molecule has 0 saturated heterocycles. The van der Waals surface area contributed by atoms with Gasteiger partial charge < -0.3 is 10.2 Å². The summed E-state index contributed by atoms with van der Waals surface area (Å²) in [7, 11) is 0. The van der Waals surface area contributed by atoms with Gasteiger partial charge in [-0.3, -0.25) is 0 Å². The minimum Gasteiger partial charge on any atom is -0.335 e. The number of carbonyl (C=O) groups is 1. The van der Waals surface area contributed by atoms with Crippen molar-refractivity contribution in [1.29, 1.82) is 0 Å². The highest BCUT2D eigenvalue weighted by Crippen LogP contribution is 2.18. The molecule has 0 bridgehead atoms. The molecule has 1 aliphatic rings. The first kappa shape index (κ1) is 13.3. The van der Waals surface area contributed by atoms with Gasteiger partial charge >= 0.3 is 6.03 Å². The number of hydrogen-bond acceptors (Lipinski definition) is 1. The van der Waals surface area contributed by atoms with Gasteiger partial charge in [0.1, 0.15) is 0 Å². The molecule has 2 amide bonds. The first-order valence-electron chi connectivity index (χ1n) is 6.72. The van der Waals surface area contributed by atoms with Gasteiger partial charge in [0.25, 0.3) is 0 Å². The molecule has 0 aliphatic heterocycles. The molecule has 3 nitrogen and oxygen atoms in total. The summed E-state index contributed by atoms with van der Waals surface area (Å²) < 4.78 is 0. The summed E-state index contributed by atoms with van der Waals surface area (Å²) in [6.07, 6.45) is 5.98. The standard InChI is InChI=1S/C13H26N2O/c1-4-11(3)10-15(5-2)13(16)14-12-8-6-7-9-12/h11-12H,4-10H2,1-3H3,(H,14,16). The first-order valence-corrected chi connectivity index (χ1v) is 6.72. The molecule has 16 heavy (non-hydrogen) atoms. The van der Waals surface area contributed by atoms with E-state index in [0.29, 0.717) is 12.0 Å². The van der Waals surface area contributed by atoms with E-state index in [-0.39, 0.29) is 6.03 Å². The van der Waals surface area contributed by atoms with Crippen molar-refractivity contribution in [2.24, 2.45) is 5.92 Å². The third kappa shape index (κ3) is 4.03. The summed E-state index contributed by atoms with van der Waals surface area (Å²) in [6, 6.07) is 0.563. The third-order valence-electron chi connectivity index (χ3n) is 3.58. The highest BCUT2D eigenvalue weighted by Gasteiger charge is 2.20. The number of amides is 2. The van der Waals surface area contributed by atoms with Crippen molar-refractivity contribution in [3.63, 3.8) is 0 Å². The number of nitrogens with one attached hydrogen (secondary N) is 1. The Morgan fingerprint density at radius 2 is 2.00 bits per heavy atom. The summed E-state index contributed by atoms with van der Waals surface area (Å²) in [5.74, 6) is 0.592. The second kappa shape index (κ2) is 6.77.